The van der Waals surface area contributed by atoms with Crippen LogP contribution in [0.25, 0.3) is 11.1 Å². The molecule has 2 aromatic carbocycles. The maximum absolute atomic E-state index is 13.2. The molecule has 1 atom stereocenters. The molecule has 0 spiro atoms. The molecule has 118 valence electrons. The lowest BCUT2D eigenvalue weighted by Gasteiger charge is -2.24. The van der Waals surface area contributed by atoms with Crippen LogP contribution < -0.4 is 0 Å². The van der Waals surface area contributed by atoms with Gasteiger partial charge >= 0.3 is 0 Å². The Bertz CT molecular complexity index is 694. The predicted octanol–water partition coefficient (Wildman–Crippen LogP) is 6.65. The van der Waals surface area contributed by atoms with E-state index in [0.717, 1.165) is 24.8 Å². The van der Waals surface area contributed by atoms with Gasteiger partial charge in [-0.05, 0) is 66.8 Å². The molecule has 0 aromatic heterocycles. The third kappa shape index (κ3) is 3.79. The Morgan fingerprint density at radius 3 is 2.57 bits per heavy atom. The van der Waals surface area contributed by atoms with Crippen LogP contribution in [0.4, 0.5) is 4.39 Å². The van der Waals surface area contributed by atoms with Crippen molar-refractivity contribution in [3.63, 3.8) is 0 Å². The summed E-state index contributed by atoms with van der Waals surface area (Å²) in [4.78, 5) is 0. The zero-order valence-corrected chi connectivity index (χ0v) is 13.5. The summed E-state index contributed by atoms with van der Waals surface area (Å²) in [5.41, 5.74) is 5.29. The summed E-state index contributed by atoms with van der Waals surface area (Å²) >= 11 is 0. The van der Waals surface area contributed by atoms with E-state index in [2.05, 4.69) is 36.9 Å². The molecule has 1 aliphatic rings. The fraction of sp³-hybridized carbons (Fsp3) is 0.273. The molecule has 0 saturated carbocycles. The number of hydrogen-bond donors (Lipinski definition) is 0. The summed E-state index contributed by atoms with van der Waals surface area (Å²) in [6.07, 6.45) is 10.1. The second-order valence-electron chi connectivity index (χ2n) is 6.26. The van der Waals surface area contributed by atoms with Crippen LogP contribution in [-0.2, 0) is 0 Å². The van der Waals surface area contributed by atoms with Crippen molar-refractivity contribution in [3.05, 3.63) is 84.2 Å². The highest BCUT2D eigenvalue weighted by Gasteiger charge is 2.19. The molecule has 0 aliphatic heterocycles. The summed E-state index contributed by atoms with van der Waals surface area (Å²) in [6.45, 7) is 3.81. The number of halogens is 1. The molecular weight excluding hydrogens is 283 g/mol. The van der Waals surface area contributed by atoms with Crippen LogP contribution in [0, 0.1) is 5.82 Å². The molecule has 0 N–H and O–H groups in total. The third-order valence-corrected chi connectivity index (χ3v) is 4.73. The topological polar surface area (TPSA) is 0 Å². The number of hydrogen-bond acceptors (Lipinski definition) is 0. The lowest BCUT2D eigenvalue weighted by Crippen LogP contribution is -2.06. The average molecular weight is 306 g/mol. The molecule has 0 saturated heterocycles. The Morgan fingerprint density at radius 1 is 1.09 bits per heavy atom. The zero-order valence-electron chi connectivity index (χ0n) is 13.5. The van der Waals surface area contributed by atoms with E-state index < -0.39 is 0 Å². The zero-order chi connectivity index (χ0) is 16.1. The third-order valence-electron chi connectivity index (χ3n) is 4.73. The second kappa shape index (κ2) is 7.41. The molecule has 0 bridgehead atoms. The van der Waals surface area contributed by atoms with E-state index in [1.165, 1.54) is 24.0 Å². The van der Waals surface area contributed by atoms with Crippen molar-refractivity contribution in [1.82, 2.24) is 0 Å². The van der Waals surface area contributed by atoms with E-state index in [9.17, 15) is 4.39 Å². The minimum Gasteiger partial charge on any atom is -0.207 e. The molecular formula is C22H23F. The summed E-state index contributed by atoms with van der Waals surface area (Å²) in [7, 11) is 0. The molecule has 0 amide bonds. The van der Waals surface area contributed by atoms with Gasteiger partial charge in [-0.25, -0.2) is 4.39 Å². The maximum Gasteiger partial charge on any atom is 0.123 e. The second-order valence-corrected chi connectivity index (χ2v) is 6.26. The van der Waals surface area contributed by atoms with Crippen molar-refractivity contribution >= 4 is 0 Å². The molecule has 1 heteroatoms. The van der Waals surface area contributed by atoms with Gasteiger partial charge in [0.1, 0.15) is 5.82 Å². The van der Waals surface area contributed by atoms with Crippen molar-refractivity contribution in [2.45, 2.75) is 38.0 Å². The van der Waals surface area contributed by atoms with E-state index in [0.29, 0.717) is 5.92 Å². The monoisotopic (exact) mass is 306 g/mol. The van der Waals surface area contributed by atoms with Gasteiger partial charge in [-0.2, -0.15) is 0 Å². The summed E-state index contributed by atoms with van der Waals surface area (Å²) in [5.74, 6) is 0.377. The van der Waals surface area contributed by atoms with E-state index >= 15 is 0 Å². The van der Waals surface area contributed by atoms with Gasteiger partial charge in [0.15, 0.2) is 0 Å². The van der Waals surface area contributed by atoms with E-state index in [4.69, 9.17) is 0 Å². The molecule has 1 aliphatic carbocycles. The molecule has 0 nitrogen and oxygen atoms in total. The Morgan fingerprint density at radius 2 is 1.87 bits per heavy atom. The van der Waals surface area contributed by atoms with Gasteiger partial charge in [0.05, 0.1) is 0 Å². The van der Waals surface area contributed by atoms with E-state index in [1.54, 1.807) is 17.7 Å². The predicted molar refractivity (Wildman–Crippen MR) is 95.9 cm³/mol. The largest absolute Gasteiger partial charge is 0.207 e. The minimum absolute atomic E-state index is 0.182. The molecule has 0 heterocycles. The smallest absolute Gasteiger partial charge is 0.123 e. The normalized spacial score (nSPS) is 17.6. The van der Waals surface area contributed by atoms with Crippen LogP contribution in [0.1, 0.15) is 43.6 Å². The first kappa shape index (κ1) is 15.7. The van der Waals surface area contributed by atoms with Crippen LogP contribution in [-0.4, -0.2) is 0 Å². The summed E-state index contributed by atoms with van der Waals surface area (Å²) in [5, 5.41) is 0. The van der Waals surface area contributed by atoms with Gasteiger partial charge in [0, 0.05) is 0 Å². The van der Waals surface area contributed by atoms with Gasteiger partial charge in [-0.1, -0.05) is 54.1 Å². The first-order valence-electron chi connectivity index (χ1n) is 8.41. The number of benzene rings is 2. The molecule has 3 rings (SSSR count). The Labute approximate surface area is 138 Å². The van der Waals surface area contributed by atoms with Gasteiger partial charge in [-0.15, -0.1) is 6.58 Å². The Kier molecular flexibility index (Phi) is 5.07. The number of allylic oxidation sites excluding steroid dienone is 3. The minimum atomic E-state index is -0.182. The van der Waals surface area contributed by atoms with Crippen LogP contribution in [0.5, 0.6) is 0 Å². The summed E-state index contributed by atoms with van der Waals surface area (Å²) in [6, 6.07) is 15.4. The highest BCUT2D eigenvalue weighted by Crippen LogP contribution is 2.38. The van der Waals surface area contributed by atoms with Crippen molar-refractivity contribution in [2.24, 2.45) is 0 Å². The first-order valence-corrected chi connectivity index (χ1v) is 8.41. The van der Waals surface area contributed by atoms with Gasteiger partial charge in [0.25, 0.3) is 0 Å². The Balaban J connectivity index is 1.83. The maximum atomic E-state index is 13.2. The molecule has 2 aromatic rings. The van der Waals surface area contributed by atoms with Gasteiger partial charge in [0.2, 0.25) is 0 Å². The van der Waals surface area contributed by atoms with Crippen LogP contribution in [0.15, 0.2) is 72.8 Å². The van der Waals surface area contributed by atoms with E-state index in [-0.39, 0.29) is 5.82 Å². The van der Waals surface area contributed by atoms with Crippen LogP contribution in [0.3, 0.4) is 0 Å². The fourth-order valence-electron chi connectivity index (χ4n) is 3.43. The molecule has 1 unspecified atom stereocenters. The Hall–Kier alpha value is -2.15. The molecule has 0 radical (unpaired) electrons. The van der Waals surface area contributed by atoms with Crippen molar-refractivity contribution in [1.29, 1.82) is 0 Å². The van der Waals surface area contributed by atoms with E-state index in [1.807, 2.05) is 18.2 Å². The fourth-order valence-corrected chi connectivity index (χ4v) is 3.43. The van der Waals surface area contributed by atoms with Gasteiger partial charge in [-0.3, -0.25) is 0 Å². The molecule has 0 fully saturated rings. The van der Waals surface area contributed by atoms with Crippen LogP contribution in [0.2, 0.25) is 0 Å². The lowest BCUT2D eigenvalue weighted by molar-refractivity contribution is 0.587. The SMILES string of the molecule is C=CCCC1=CCC(c2ccccc2-c2ccc(F)cc2)CC1. The average Bonchev–Trinajstić information content (AvgIpc) is 2.61. The number of rotatable bonds is 5. The lowest BCUT2D eigenvalue weighted by atomic mass is 9.80. The standard InChI is InChI=1S/C22H23F/c1-2-3-6-17-9-11-18(12-10-17)21-7-4-5-8-22(21)19-13-15-20(23)16-14-19/h2,4-5,7-9,13-16,18H,1,3,6,10-12H2. The van der Waals surface area contributed by atoms with Crippen molar-refractivity contribution in [2.75, 3.05) is 0 Å². The van der Waals surface area contributed by atoms with Crippen LogP contribution >= 0.6 is 0 Å². The summed E-state index contributed by atoms with van der Waals surface area (Å²) < 4.78 is 13.2. The highest BCUT2D eigenvalue weighted by molar-refractivity contribution is 5.68. The quantitative estimate of drug-likeness (QED) is 0.542. The van der Waals surface area contributed by atoms with Gasteiger partial charge < -0.3 is 0 Å². The van der Waals surface area contributed by atoms with Crippen molar-refractivity contribution < 1.29 is 4.39 Å². The van der Waals surface area contributed by atoms with Crippen molar-refractivity contribution in [3.8, 4) is 11.1 Å². The highest BCUT2D eigenvalue weighted by atomic mass is 19.1. The first-order chi connectivity index (χ1) is 11.3. The molecule has 23 heavy (non-hydrogen) atoms.